The summed E-state index contributed by atoms with van der Waals surface area (Å²) in [6, 6.07) is 13.3. The number of piperazine rings is 1. The molecule has 0 aliphatic carbocycles. The summed E-state index contributed by atoms with van der Waals surface area (Å²) in [4.78, 5) is 2.51. The number of benzene rings is 2. The van der Waals surface area contributed by atoms with E-state index >= 15 is 0 Å². The van der Waals surface area contributed by atoms with Gasteiger partial charge in [0.05, 0.1) is 11.7 Å². The second kappa shape index (κ2) is 3.89. The molecule has 2 aliphatic rings. The number of fused-ring (bicyclic) bond motifs is 5. The van der Waals surface area contributed by atoms with Crippen LogP contribution in [0, 0.1) is 0 Å². The minimum Gasteiger partial charge on any atom is -0.489 e. The minimum atomic E-state index is 0.469. The van der Waals surface area contributed by atoms with Gasteiger partial charge in [-0.05, 0) is 11.5 Å². The fourth-order valence-electron chi connectivity index (χ4n) is 3.04. The standard InChI is InChI=1S/C15H16N2O/c1-2-4-13-11(3-1)5-6-14-15(13)17-8-7-16-9-12(17)10-18-14/h1-6,12,16H,7-10H2. The molecule has 1 saturated heterocycles. The molecule has 1 fully saturated rings. The van der Waals surface area contributed by atoms with Crippen LogP contribution >= 0.6 is 0 Å². The zero-order valence-electron chi connectivity index (χ0n) is 10.2. The van der Waals surface area contributed by atoms with Crippen LogP contribution < -0.4 is 15.0 Å². The molecule has 92 valence electrons. The third kappa shape index (κ3) is 1.40. The third-order valence-corrected chi connectivity index (χ3v) is 3.93. The van der Waals surface area contributed by atoms with E-state index in [0.29, 0.717) is 6.04 Å². The molecule has 2 aliphatic heterocycles. The maximum absolute atomic E-state index is 5.92. The lowest BCUT2D eigenvalue weighted by Crippen LogP contribution is -2.55. The van der Waals surface area contributed by atoms with Crippen LogP contribution in [0.5, 0.6) is 5.75 Å². The van der Waals surface area contributed by atoms with Crippen LogP contribution in [0.15, 0.2) is 36.4 Å². The van der Waals surface area contributed by atoms with Crippen molar-refractivity contribution in [1.82, 2.24) is 5.32 Å². The Labute approximate surface area is 106 Å². The zero-order chi connectivity index (χ0) is 11.9. The molecule has 2 aromatic carbocycles. The van der Waals surface area contributed by atoms with E-state index in [0.717, 1.165) is 32.0 Å². The van der Waals surface area contributed by atoms with E-state index in [2.05, 4.69) is 46.6 Å². The van der Waals surface area contributed by atoms with Crippen molar-refractivity contribution in [1.29, 1.82) is 0 Å². The lowest BCUT2D eigenvalue weighted by atomic mass is 10.0. The molecule has 0 radical (unpaired) electrons. The molecule has 2 heterocycles. The minimum absolute atomic E-state index is 0.469. The van der Waals surface area contributed by atoms with Gasteiger partial charge in [0.1, 0.15) is 12.4 Å². The van der Waals surface area contributed by atoms with Crippen LogP contribution in [0.1, 0.15) is 0 Å². The van der Waals surface area contributed by atoms with Gasteiger partial charge >= 0.3 is 0 Å². The molecule has 1 atom stereocenters. The molecule has 3 heteroatoms. The van der Waals surface area contributed by atoms with Crippen LogP contribution in [0.2, 0.25) is 0 Å². The van der Waals surface area contributed by atoms with Crippen molar-refractivity contribution in [3.63, 3.8) is 0 Å². The SMILES string of the molecule is c1ccc2c3c(ccc2c1)OCC1CNCCN31. The van der Waals surface area contributed by atoms with Crippen LogP contribution in [0.4, 0.5) is 5.69 Å². The highest BCUT2D eigenvalue weighted by atomic mass is 16.5. The predicted octanol–water partition coefficient (Wildman–Crippen LogP) is 2.01. The van der Waals surface area contributed by atoms with Crippen molar-refractivity contribution in [2.75, 3.05) is 31.1 Å². The largest absolute Gasteiger partial charge is 0.489 e. The average molecular weight is 240 g/mol. The maximum atomic E-state index is 5.92. The summed E-state index contributed by atoms with van der Waals surface area (Å²) in [5, 5.41) is 6.04. The Hall–Kier alpha value is -1.74. The fraction of sp³-hybridized carbons (Fsp3) is 0.333. The number of hydrogen-bond acceptors (Lipinski definition) is 3. The van der Waals surface area contributed by atoms with Crippen molar-refractivity contribution in [2.45, 2.75) is 6.04 Å². The summed E-state index contributed by atoms with van der Waals surface area (Å²) in [6.07, 6.45) is 0. The maximum Gasteiger partial charge on any atom is 0.143 e. The van der Waals surface area contributed by atoms with Gasteiger partial charge in [-0.2, -0.15) is 0 Å². The van der Waals surface area contributed by atoms with Crippen LogP contribution in [-0.2, 0) is 0 Å². The monoisotopic (exact) mass is 240 g/mol. The van der Waals surface area contributed by atoms with Crippen LogP contribution in [-0.4, -0.2) is 32.3 Å². The summed E-state index contributed by atoms with van der Waals surface area (Å²) in [7, 11) is 0. The second-order valence-corrected chi connectivity index (χ2v) is 5.00. The van der Waals surface area contributed by atoms with E-state index in [-0.39, 0.29) is 0 Å². The second-order valence-electron chi connectivity index (χ2n) is 5.00. The van der Waals surface area contributed by atoms with Gasteiger partial charge in [-0.25, -0.2) is 0 Å². The molecular formula is C15H16N2O. The Kier molecular flexibility index (Phi) is 2.20. The number of ether oxygens (including phenoxy) is 1. The average Bonchev–Trinajstić information content (AvgIpc) is 2.46. The van der Waals surface area contributed by atoms with Crippen molar-refractivity contribution >= 4 is 16.5 Å². The van der Waals surface area contributed by atoms with Crippen LogP contribution in [0.25, 0.3) is 10.8 Å². The summed E-state index contributed by atoms with van der Waals surface area (Å²) >= 11 is 0. The van der Waals surface area contributed by atoms with E-state index in [4.69, 9.17) is 4.74 Å². The molecular weight excluding hydrogens is 224 g/mol. The van der Waals surface area contributed by atoms with E-state index in [1.807, 2.05) is 0 Å². The van der Waals surface area contributed by atoms with Gasteiger partial charge in [-0.15, -0.1) is 0 Å². The summed E-state index contributed by atoms with van der Waals surface area (Å²) in [6.45, 7) is 3.93. The molecule has 3 nitrogen and oxygen atoms in total. The van der Waals surface area contributed by atoms with Crippen molar-refractivity contribution in [2.24, 2.45) is 0 Å². The first-order valence-electron chi connectivity index (χ1n) is 6.55. The third-order valence-electron chi connectivity index (χ3n) is 3.93. The number of anilines is 1. The van der Waals surface area contributed by atoms with E-state index < -0.39 is 0 Å². The normalized spacial score (nSPS) is 22.2. The van der Waals surface area contributed by atoms with Gasteiger partial charge in [0.25, 0.3) is 0 Å². The molecule has 2 aromatic rings. The summed E-state index contributed by atoms with van der Waals surface area (Å²) in [5.41, 5.74) is 1.28. The predicted molar refractivity (Wildman–Crippen MR) is 73.4 cm³/mol. The molecule has 4 rings (SSSR count). The molecule has 18 heavy (non-hydrogen) atoms. The molecule has 0 aromatic heterocycles. The number of nitrogens with zero attached hydrogens (tertiary/aromatic N) is 1. The Morgan fingerprint density at radius 3 is 3.11 bits per heavy atom. The van der Waals surface area contributed by atoms with E-state index in [9.17, 15) is 0 Å². The van der Waals surface area contributed by atoms with Gasteiger partial charge in [0.2, 0.25) is 0 Å². The first-order chi connectivity index (χ1) is 8.93. The molecule has 1 N–H and O–H groups in total. The Bertz CT molecular complexity index is 596. The van der Waals surface area contributed by atoms with Gasteiger partial charge in [-0.3, -0.25) is 0 Å². The smallest absolute Gasteiger partial charge is 0.143 e. The van der Waals surface area contributed by atoms with Crippen LogP contribution in [0.3, 0.4) is 0 Å². The molecule has 0 spiro atoms. The Morgan fingerprint density at radius 1 is 1.17 bits per heavy atom. The van der Waals surface area contributed by atoms with Crippen molar-refractivity contribution < 1.29 is 4.74 Å². The number of hydrogen-bond donors (Lipinski definition) is 1. The Morgan fingerprint density at radius 2 is 2.11 bits per heavy atom. The lowest BCUT2D eigenvalue weighted by molar-refractivity contribution is 0.248. The van der Waals surface area contributed by atoms with Crippen molar-refractivity contribution in [3.05, 3.63) is 36.4 Å². The fourth-order valence-corrected chi connectivity index (χ4v) is 3.04. The van der Waals surface area contributed by atoms with E-state index in [1.165, 1.54) is 16.5 Å². The van der Waals surface area contributed by atoms with Gasteiger partial charge < -0.3 is 15.0 Å². The molecule has 0 saturated carbocycles. The number of nitrogens with one attached hydrogen (secondary N) is 1. The number of rotatable bonds is 0. The van der Waals surface area contributed by atoms with Gasteiger partial charge in [0.15, 0.2) is 0 Å². The molecule has 1 unspecified atom stereocenters. The highest BCUT2D eigenvalue weighted by Gasteiger charge is 2.30. The van der Waals surface area contributed by atoms with E-state index in [1.54, 1.807) is 0 Å². The first-order valence-corrected chi connectivity index (χ1v) is 6.55. The molecule has 0 amide bonds. The Balaban J connectivity index is 1.95. The quantitative estimate of drug-likeness (QED) is 0.762. The first kappa shape index (κ1) is 10.2. The van der Waals surface area contributed by atoms with Gasteiger partial charge in [0, 0.05) is 25.0 Å². The highest BCUT2D eigenvalue weighted by Crippen LogP contribution is 2.40. The summed E-state index contributed by atoms with van der Waals surface area (Å²) < 4.78 is 5.92. The zero-order valence-corrected chi connectivity index (χ0v) is 10.2. The summed E-state index contributed by atoms with van der Waals surface area (Å²) in [5.74, 6) is 1.03. The lowest BCUT2D eigenvalue weighted by Gasteiger charge is -2.42. The van der Waals surface area contributed by atoms with Gasteiger partial charge in [-0.1, -0.05) is 30.3 Å². The topological polar surface area (TPSA) is 24.5 Å². The highest BCUT2D eigenvalue weighted by molar-refractivity contribution is 5.98. The molecule has 0 bridgehead atoms. The van der Waals surface area contributed by atoms with Crippen molar-refractivity contribution in [3.8, 4) is 5.75 Å².